The van der Waals surface area contributed by atoms with Crippen molar-refractivity contribution in [2.75, 3.05) is 0 Å². The largest absolute Gasteiger partial charge is 0.275 e. The number of fused-ring (bicyclic) bond motifs is 1. The first kappa shape index (κ1) is 6.89. The molecule has 0 spiro atoms. The highest BCUT2D eigenvalue weighted by Gasteiger charge is 2.18. The maximum Gasteiger partial charge on any atom is 0.0659 e. The van der Waals surface area contributed by atoms with Crippen molar-refractivity contribution in [3.63, 3.8) is 0 Å². The van der Waals surface area contributed by atoms with Crippen molar-refractivity contribution in [2.24, 2.45) is 7.05 Å². The summed E-state index contributed by atoms with van der Waals surface area (Å²) in [4.78, 5) is 0. The third-order valence-electron chi connectivity index (χ3n) is 2.52. The number of hydrogen-bond donors (Lipinski definition) is 0. The number of aromatic nitrogens is 2. The van der Waals surface area contributed by atoms with E-state index in [1.807, 2.05) is 11.7 Å². The molecule has 2 heteroatoms. The fraction of sp³-hybridized carbons (Fsp3) is 0.667. The lowest BCUT2D eigenvalue weighted by atomic mass is 9.89. The summed E-state index contributed by atoms with van der Waals surface area (Å²) in [5.41, 5.74) is 2.80. The molecule has 0 saturated carbocycles. The van der Waals surface area contributed by atoms with Gasteiger partial charge in [0.1, 0.15) is 0 Å². The first-order chi connectivity index (χ1) is 5.27. The third-order valence-corrected chi connectivity index (χ3v) is 2.52. The van der Waals surface area contributed by atoms with Crippen molar-refractivity contribution in [3.05, 3.63) is 17.5 Å². The lowest BCUT2D eigenvalue weighted by Crippen LogP contribution is -2.04. The van der Waals surface area contributed by atoms with Crippen molar-refractivity contribution in [3.8, 4) is 0 Å². The van der Waals surface area contributed by atoms with Gasteiger partial charge < -0.3 is 0 Å². The molecule has 0 aliphatic heterocycles. The van der Waals surface area contributed by atoms with Gasteiger partial charge in [-0.2, -0.15) is 5.10 Å². The summed E-state index contributed by atoms with van der Waals surface area (Å²) in [7, 11) is 2.00. The van der Waals surface area contributed by atoms with Crippen molar-refractivity contribution in [1.29, 1.82) is 0 Å². The molecule has 60 valence electrons. The molecule has 0 amide bonds. The van der Waals surface area contributed by atoms with Gasteiger partial charge >= 0.3 is 0 Å². The van der Waals surface area contributed by atoms with E-state index >= 15 is 0 Å². The molecule has 2 nitrogen and oxygen atoms in total. The highest BCUT2D eigenvalue weighted by molar-refractivity contribution is 5.23. The Morgan fingerprint density at radius 2 is 2.45 bits per heavy atom. The monoisotopic (exact) mass is 150 g/mol. The second-order valence-electron chi connectivity index (χ2n) is 3.50. The second kappa shape index (κ2) is 2.36. The van der Waals surface area contributed by atoms with Gasteiger partial charge in [-0.15, -0.1) is 0 Å². The van der Waals surface area contributed by atoms with Crippen LogP contribution in [-0.4, -0.2) is 9.78 Å². The van der Waals surface area contributed by atoms with Crippen LogP contribution in [0.3, 0.4) is 0 Å². The predicted molar refractivity (Wildman–Crippen MR) is 44.6 cm³/mol. The standard InChI is InChI=1S/C9H14N2/c1-7-4-3-5-9-8(7)6-11(2)10-9/h6-7H,3-5H2,1-2H3. The fourth-order valence-corrected chi connectivity index (χ4v) is 1.89. The highest BCUT2D eigenvalue weighted by atomic mass is 15.3. The first-order valence-electron chi connectivity index (χ1n) is 4.30. The molecule has 2 rings (SSSR count). The molecule has 1 aromatic rings. The van der Waals surface area contributed by atoms with E-state index in [-0.39, 0.29) is 0 Å². The normalized spacial score (nSPS) is 23.3. The van der Waals surface area contributed by atoms with Gasteiger partial charge in [-0.05, 0) is 30.7 Å². The molecule has 0 saturated heterocycles. The molecule has 1 aliphatic rings. The molecular formula is C9H14N2. The van der Waals surface area contributed by atoms with E-state index in [2.05, 4.69) is 18.2 Å². The quantitative estimate of drug-likeness (QED) is 0.552. The minimum absolute atomic E-state index is 0.729. The number of aryl methyl sites for hydroxylation is 2. The zero-order valence-electron chi connectivity index (χ0n) is 7.17. The molecule has 1 unspecified atom stereocenters. The van der Waals surface area contributed by atoms with Crippen molar-refractivity contribution < 1.29 is 0 Å². The van der Waals surface area contributed by atoms with E-state index in [9.17, 15) is 0 Å². The smallest absolute Gasteiger partial charge is 0.0659 e. The van der Waals surface area contributed by atoms with Gasteiger partial charge in [-0.25, -0.2) is 0 Å². The SMILES string of the molecule is CC1CCCc2nn(C)cc21. The van der Waals surface area contributed by atoms with Crippen LogP contribution in [0.4, 0.5) is 0 Å². The Balaban J connectivity index is 2.43. The molecule has 11 heavy (non-hydrogen) atoms. The molecule has 0 N–H and O–H groups in total. The van der Waals surface area contributed by atoms with Gasteiger partial charge in [0.05, 0.1) is 5.69 Å². The van der Waals surface area contributed by atoms with Gasteiger partial charge in [-0.1, -0.05) is 6.92 Å². The molecule has 0 aromatic carbocycles. The Kier molecular flexibility index (Phi) is 1.48. The lowest BCUT2D eigenvalue weighted by molar-refractivity contribution is 0.584. The molecular weight excluding hydrogens is 136 g/mol. The van der Waals surface area contributed by atoms with Crippen LogP contribution in [0.1, 0.15) is 36.9 Å². The molecule has 0 fully saturated rings. The third kappa shape index (κ3) is 1.06. The maximum atomic E-state index is 4.42. The topological polar surface area (TPSA) is 17.8 Å². The van der Waals surface area contributed by atoms with Gasteiger partial charge in [0.2, 0.25) is 0 Å². The van der Waals surface area contributed by atoms with Gasteiger partial charge in [0, 0.05) is 13.2 Å². The van der Waals surface area contributed by atoms with Crippen LogP contribution in [-0.2, 0) is 13.5 Å². The Morgan fingerprint density at radius 1 is 1.64 bits per heavy atom. The summed E-state index contributed by atoms with van der Waals surface area (Å²) in [6, 6.07) is 0. The average molecular weight is 150 g/mol. The summed E-state index contributed by atoms with van der Waals surface area (Å²) in [5.74, 6) is 0.729. The number of rotatable bonds is 0. The highest BCUT2D eigenvalue weighted by Crippen LogP contribution is 2.29. The Labute approximate surface area is 67.2 Å². The van der Waals surface area contributed by atoms with Crippen LogP contribution in [0, 0.1) is 0 Å². The Morgan fingerprint density at radius 3 is 3.18 bits per heavy atom. The van der Waals surface area contributed by atoms with Crippen LogP contribution in [0.5, 0.6) is 0 Å². The van der Waals surface area contributed by atoms with E-state index in [1.165, 1.54) is 30.5 Å². The van der Waals surface area contributed by atoms with Crippen LogP contribution < -0.4 is 0 Å². The second-order valence-corrected chi connectivity index (χ2v) is 3.50. The molecule has 1 aromatic heterocycles. The average Bonchev–Trinajstić information content (AvgIpc) is 2.31. The molecule has 1 heterocycles. The van der Waals surface area contributed by atoms with Crippen LogP contribution >= 0.6 is 0 Å². The summed E-state index contributed by atoms with van der Waals surface area (Å²) in [6.07, 6.45) is 5.99. The molecule has 0 bridgehead atoms. The zero-order valence-corrected chi connectivity index (χ0v) is 7.17. The van der Waals surface area contributed by atoms with Gasteiger partial charge in [-0.3, -0.25) is 4.68 Å². The number of hydrogen-bond acceptors (Lipinski definition) is 1. The van der Waals surface area contributed by atoms with Crippen LogP contribution in [0.25, 0.3) is 0 Å². The summed E-state index contributed by atoms with van der Waals surface area (Å²) >= 11 is 0. The van der Waals surface area contributed by atoms with Gasteiger partial charge in [0.15, 0.2) is 0 Å². The van der Waals surface area contributed by atoms with Crippen molar-refractivity contribution in [2.45, 2.75) is 32.1 Å². The maximum absolute atomic E-state index is 4.42. The van der Waals surface area contributed by atoms with E-state index in [0.717, 1.165) is 5.92 Å². The van der Waals surface area contributed by atoms with E-state index in [1.54, 1.807) is 0 Å². The summed E-state index contributed by atoms with van der Waals surface area (Å²) in [6.45, 7) is 2.29. The Hall–Kier alpha value is -0.790. The molecule has 0 radical (unpaired) electrons. The van der Waals surface area contributed by atoms with Gasteiger partial charge in [0.25, 0.3) is 0 Å². The zero-order chi connectivity index (χ0) is 7.84. The van der Waals surface area contributed by atoms with Crippen molar-refractivity contribution in [1.82, 2.24) is 9.78 Å². The van der Waals surface area contributed by atoms with Crippen LogP contribution in [0.15, 0.2) is 6.20 Å². The minimum atomic E-state index is 0.729. The first-order valence-corrected chi connectivity index (χ1v) is 4.30. The van der Waals surface area contributed by atoms with E-state index in [0.29, 0.717) is 0 Å². The van der Waals surface area contributed by atoms with E-state index < -0.39 is 0 Å². The molecule has 1 aliphatic carbocycles. The van der Waals surface area contributed by atoms with Crippen LogP contribution in [0.2, 0.25) is 0 Å². The number of nitrogens with zero attached hydrogens (tertiary/aromatic N) is 2. The lowest BCUT2D eigenvalue weighted by Gasteiger charge is -2.15. The summed E-state index contributed by atoms with van der Waals surface area (Å²) in [5, 5.41) is 4.42. The molecule has 1 atom stereocenters. The van der Waals surface area contributed by atoms with Crippen molar-refractivity contribution >= 4 is 0 Å². The summed E-state index contributed by atoms with van der Waals surface area (Å²) < 4.78 is 1.94. The fourth-order valence-electron chi connectivity index (χ4n) is 1.89. The minimum Gasteiger partial charge on any atom is -0.275 e. The van der Waals surface area contributed by atoms with E-state index in [4.69, 9.17) is 0 Å². The predicted octanol–water partition coefficient (Wildman–Crippen LogP) is 1.86. The Bertz CT molecular complexity index is 263.